The Morgan fingerprint density at radius 3 is 1.80 bits per heavy atom. The van der Waals surface area contributed by atoms with Crippen LogP contribution in [0.15, 0.2) is 126 Å². The minimum Gasteiger partial charge on any atom is -0.450 e. The maximum absolute atomic E-state index is 13.6. The van der Waals surface area contributed by atoms with Crippen molar-refractivity contribution >= 4 is 5.97 Å². The van der Waals surface area contributed by atoms with Gasteiger partial charge in [-0.15, -0.1) is 0 Å². The zero-order valence-corrected chi connectivity index (χ0v) is 27.5. The molecule has 10 heteroatoms. The minimum absolute atomic E-state index is 0.185. The van der Waals surface area contributed by atoms with Crippen LogP contribution in [0.5, 0.6) is 0 Å². The number of nitrogens with zero attached hydrogens (tertiary/aromatic N) is 3. The van der Waals surface area contributed by atoms with Gasteiger partial charge in [0.2, 0.25) is 0 Å². The molecule has 5 rings (SSSR count). The third kappa shape index (κ3) is 11.5. The molecule has 1 saturated heterocycles. The number of carbonyl (C=O) groups is 1. The highest BCUT2D eigenvalue weighted by atomic mass is 16.7. The van der Waals surface area contributed by atoms with E-state index in [-0.39, 0.29) is 19.8 Å². The summed E-state index contributed by atoms with van der Waals surface area (Å²) in [6.07, 6.45) is -1.78. The molecule has 5 atom stereocenters. The van der Waals surface area contributed by atoms with Gasteiger partial charge in [-0.1, -0.05) is 121 Å². The number of azide groups is 1. The Kier molecular flexibility index (Phi) is 14.7. The molecule has 1 fully saturated rings. The summed E-state index contributed by atoms with van der Waals surface area (Å²) in [5.74, 6) is -0.522. The van der Waals surface area contributed by atoms with Crippen molar-refractivity contribution in [1.82, 2.24) is 0 Å². The molecule has 1 aliphatic rings. The molecule has 4 aromatic carbocycles. The summed E-state index contributed by atoms with van der Waals surface area (Å²) in [7, 11) is 0. The van der Waals surface area contributed by atoms with E-state index in [0.717, 1.165) is 29.5 Å². The van der Waals surface area contributed by atoms with Crippen molar-refractivity contribution in [2.75, 3.05) is 19.8 Å². The summed E-state index contributed by atoms with van der Waals surface area (Å²) in [4.78, 5) is 16.4. The fourth-order valence-corrected chi connectivity index (χ4v) is 5.54. The maximum atomic E-state index is 13.6. The zero-order valence-electron chi connectivity index (χ0n) is 27.5. The average molecular weight is 666 g/mol. The van der Waals surface area contributed by atoms with Crippen molar-refractivity contribution in [3.63, 3.8) is 0 Å². The van der Waals surface area contributed by atoms with Crippen LogP contribution < -0.4 is 0 Å². The first-order chi connectivity index (χ1) is 24.2. The van der Waals surface area contributed by atoms with Crippen molar-refractivity contribution in [2.24, 2.45) is 5.11 Å². The number of esters is 1. The normalized spacial score (nSPS) is 20.3. The standard InChI is InChI=1S/C39H43N3O7/c40-42-41-24-14-5-15-25-45-39-37(49-38(43)33-22-12-4-13-23-33)36(47-28-32-20-10-3-11-21-32)35(46-27-31-18-8-2-9-19-31)34(48-39)29-44-26-30-16-6-1-7-17-30/h1-4,6-13,16-23,34-37,39H,5,14-15,24-29H2/t34?,35-,36?,37?,39+/m1/s1. The molecule has 0 radical (unpaired) electrons. The molecule has 49 heavy (non-hydrogen) atoms. The Morgan fingerprint density at radius 2 is 1.20 bits per heavy atom. The molecule has 0 N–H and O–H groups in total. The first-order valence-electron chi connectivity index (χ1n) is 16.7. The molecule has 0 aromatic heterocycles. The molecule has 256 valence electrons. The number of unbranched alkanes of at least 4 members (excludes halogenated alkanes) is 2. The second-order valence-corrected chi connectivity index (χ2v) is 11.7. The van der Waals surface area contributed by atoms with Gasteiger partial charge in [0.15, 0.2) is 12.4 Å². The van der Waals surface area contributed by atoms with E-state index in [0.29, 0.717) is 31.7 Å². The van der Waals surface area contributed by atoms with Gasteiger partial charge >= 0.3 is 5.97 Å². The van der Waals surface area contributed by atoms with Gasteiger partial charge in [-0.25, -0.2) is 4.79 Å². The lowest BCUT2D eigenvalue weighted by atomic mass is 9.97. The topological polar surface area (TPSA) is 121 Å². The van der Waals surface area contributed by atoms with E-state index in [2.05, 4.69) is 10.0 Å². The smallest absolute Gasteiger partial charge is 0.338 e. The van der Waals surface area contributed by atoms with Crippen LogP contribution in [0.4, 0.5) is 0 Å². The number of ether oxygens (including phenoxy) is 6. The predicted octanol–water partition coefficient (Wildman–Crippen LogP) is 7.82. The molecule has 4 aromatic rings. The molecule has 1 heterocycles. The molecular weight excluding hydrogens is 622 g/mol. The Bertz CT molecular complexity index is 1560. The highest BCUT2D eigenvalue weighted by molar-refractivity contribution is 5.89. The van der Waals surface area contributed by atoms with Crippen LogP contribution in [0.2, 0.25) is 0 Å². The summed E-state index contributed by atoms with van der Waals surface area (Å²) >= 11 is 0. The van der Waals surface area contributed by atoms with Gasteiger partial charge < -0.3 is 28.4 Å². The maximum Gasteiger partial charge on any atom is 0.338 e. The van der Waals surface area contributed by atoms with Gasteiger partial charge in [0.05, 0.1) is 32.0 Å². The van der Waals surface area contributed by atoms with E-state index in [4.69, 9.17) is 34.0 Å². The molecule has 1 aliphatic heterocycles. The second kappa shape index (κ2) is 20.1. The highest BCUT2D eigenvalue weighted by Crippen LogP contribution is 2.32. The van der Waals surface area contributed by atoms with Crippen LogP contribution in [-0.2, 0) is 48.2 Å². The largest absolute Gasteiger partial charge is 0.450 e. The van der Waals surface area contributed by atoms with Gasteiger partial charge in [0.1, 0.15) is 18.3 Å². The van der Waals surface area contributed by atoms with Crippen molar-refractivity contribution in [2.45, 2.75) is 69.8 Å². The first-order valence-corrected chi connectivity index (χ1v) is 16.7. The lowest BCUT2D eigenvalue weighted by molar-refractivity contribution is -0.318. The summed E-state index contributed by atoms with van der Waals surface area (Å²) in [6.45, 7) is 1.85. The van der Waals surface area contributed by atoms with Crippen molar-refractivity contribution in [1.29, 1.82) is 0 Å². The van der Waals surface area contributed by atoms with E-state index >= 15 is 0 Å². The highest BCUT2D eigenvalue weighted by Gasteiger charge is 2.50. The average Bonchev–Trinajstić information content (AvgIpc) is 3.15. The van der Waals surface area contributed by atoms with Crippen LogP contribution in [-0.4, -0.2) is 56.4 Å². The number of benzene rings is 4. The van der Waals surface area contributed by atoms with Crippen LogP contribution >= 0.6 is 0 Å². The van der Waals surface area contributed by atoms with Gasteiger partial charge in [-0.2, -0.15) is 0 Å². The quantitative estimate of drug-likeness (QED) is 0.0329. The predicted molar refractivity (Wildman–Crippen MR) is 184 cm³/mol. The molecule has 10 nitrogen and oxygen atoms in total. The number of rotatable bonds is 19. The van der Waals surface area contributed by atoms with Gasteiger partial charge in [-0.05, 0) is 47.2 Å². The van der Waals surface area contributed by atoms with Crippen LogP contribution in [0, 0.1) is 0 Å². The SMILES string of the molecule is [N-]=[N+]=NCCCCCO[C@H]1OC(COCc2ccccc2)[C@@H](OCc2ccccc2)C(OCc2ccccc2)C1OC(=O)c1ccccc1. The second-order valence-electron chi connectivity index (χ2n) is 11.7. The van der Waals surface area contributed by atoms with E-state index < -0.39 is 36.7 Å². The third-order valence-corrected chi connectivity index (χ3v) is 8.06. The zero-order chi connectivity index (χ0) is 33.9. The molecule has 0 aliphatic carbocycles. The molecule has 3 unspecified atom stereocenters. The number of hydrogen-bond donors (Lipinski definition) is 0. The molecular formula is C39H43N3O7. The van der Waals surface area contributed by atoms with E-state index in [1.165, 1.54) is 0 Å². The number of hydrogen-bond acceptors (Lipinski definition) is 8. The fourth-order valence-electron chi connectivity index (χ4n) is 5.54. The van der Waals surface area contributed by atoms with Gasteiger partial charge in [0.25, 0.3) is 0 Å². The first kappa shape index (κ1) is 35.8. The monoisotopic (exact) mass is 665 g/mol. The van der Waals surface area contributed by atoms with E-state index in [1.807, 2.05) is 97.1 Å². The Morgan fingerprint density at radius 1 is 0.653 bits per heavy atom. The van der Waals surface area contributed by atoms with Crippen LogP contribution in [0.25, 0.3) is 10.4 Å². The van der Waals surface area contributed by atoms with Crippen molar-refractivity contribution in [3.8, 4) is 0 Å². The van der Waals surface area contributed by atoms with Gasteiger partial charge in [-0.3, -0.25) is 0 Å². The Hall–Kier alpha value is -4.54. The Labute approximate surface area is 287 Å². The summed E-state index contributed by atoms with van der Waals surface area (Å²) in [5.41, 5.74) is 11.9. The summed E-state index contributed by atoms with van der Waals surface area (Å²) in [6, 6.07) is 38.4. The van der Waals surface area contributed by atoms with E-state index in [1.54, 1.807) is 24.3 Å². The van der Waals surface area contributed by atoms with Crippen LogP contribution in [0.1, 0.15) is 46.3 Å². The fraction of sp³-hybridized carbons (Fsp3) is 0.359. The lowest BCUT2D eigenvalue weighted by Gasteiger charge is -2.45. The third-order valence-electron chi connectivity index (χ3n) is 8.06. The Balaban J connectivity index is 1.42. The molecule has 0 spiro atoms. The molecule has 0 saturated carbocycles. The van der Waals surface area contributed by atoms with E-state index in [9.17, 15) is 4.79 Å². The summed E-state index contributed by atoms with van der Waals surface area (Å²) < 4.78 is 38.6. The number of carbonyl (C=O) groups excluding carboxylic acids is 1. The van der Waals surface area contributed by atoms with Gasteiger partial charge in [0, 0.05) is 18.1 Å². The lowest BCUT2D eigenvalue weighted by Crippen LogP contribution is -2.62. The minimum atomic E-state index is -0.967. The van der Waals surface area contributed by atoms with Crippen molar-refractivity contribution < 1.29 is 33.2 Å². The molecule has 0 bridgehead atoms. The molecule has 0 amide bonds. The van der Waals surface area contributed by atoms with Crippen LogP contribution in [0.3, 0.4) is 0 Å². The van der Waals surface area contributed by atoms with Crippen molar-refractivity contribution in [3.05, 3.63) is 154 Å². The summed E-state index contributed by atoms with van der Waals surface area (Å²) in [5, 5.41) is 3.61.